The van der Waals surface area contributed by atoms with Gasteiger partial charge < -0.3 is 14.8 Å². The number of carbonyl (C=O) groups excluding carboxylic acids is 2. The molecular formula is C26H21NO4. The molecule has 0 unspecified atom stereocenters. The summed E-state index contributed by atoms with van der Waals surface area (Å²) in [6.07, 6.45) is 0. The molecule has 31 heavy (non-hydrogen) atoms. The van der Waals surface area contributed by atoms with Crippen LogP contribution in [0.15, 0.2) is 91.0 Å². The van der Waals surface area contributed by atoms with Crippen molar-refractivity contribution in [2.75, 3.05) is 19.0 Å². The molecule has 1 amide bonds. The molecule has 0 aliphatic rings. The summed E-state index contributed by atoms with van der Waals surface area (Å²) in [5.41, 5.74) is 2.92. The molecule has 0 saturated carbocycles. The van der Waals surface area contributed by atoms with Crippen LogP contribution in [0.25, 0.3) is 21.9 Å². The van der Waals surface area contributed by atoms with E-state index >= 15 is 0 Å². The summed E-state index contributed by atoms with van der Waals surface area (Å²) in [5, 5.41) is 4.35. The minimum atomic E-state index is -0.564. The second-order valence-corrected chi connectivity index (χ2v) is 6.90. The van der Waals surface area contributed by atoms with Crippen LogP contribution in [-0.4, -0.2) is 25.6 Å². The van der Waals surface area contributed by atoms with Gasteiger partial charge in [-0.15, -0.1) is 0 Å². The van der Waals surface area contributed by atoms with Crippen LogP contribution in [0.5, 0.6) is 5.75 Å². The number of esters is 1. The Morgan fingerprint density at radius 1 is 0.774 bits per heavy atom. The molecule has 0 radical (unpaired) electrons. The van der Waals surface area contributed by atoms with Gasteiger partial charge in [0, 0.05) is 16.6 Å². The smallest absolute Gasteiger partial charge is 0.339 e. The Balaban J connectivity index is 1.47. The van der Waals surface area contributed by atoms with E-state index in [1.807, 2.05) is 78.9 Å². The first-order chi connectivity index (χ1) is 15.2. The van der Waals surface area contributed by atoms with Gasteiger partial charge in [0.2, 0.25) is 0 Å². The van der Waals surface area contributed by atoms with Gasteiger partial charge in [0.15, 0.2) is 6.61 Å². The quantitative estimate of drug-likeness (QED) is 0.437. The van der Waals surface area contributed by atoms with Crippen LogP contribution in [0.3, 0.4) is 0 Å². The van der Waals surface area contributed by atoms with Crippen LogP contribution in [0.1, 0.15) is 10.4 Å². The van der Waals surface area contributed by atoms with Gasteiger partial charge >= 0.3 is 5.97 Å². The lowest BCUT2D eigenvalue weighted by Crippen LogP contribution is -2.21. The highest BCUT2D eigenvalue weighted by Gasteiger charge is 2.16. The van der Waals surface area contributed by atoms with Gasteiger partial charge in [0.25, 0.3) is 5.91 Å². The number of nitrogens with one attached hydrogen (secondary N) is 1. The fourth-order valence-electron chi connectivity index (χ4n) is 3.48. The Kier molecular flexibility index (Phi) is 5.94. The van der Waals surface area contributed by atoms with Gasteiger partial charge in [-0.05, 0) is 29.1 Å². The number of carbonyl (C=O) groups is 2. The summed E-state index contributed by atoms with van der Waals surface area (Å²) in [5.74, 6) is -0.303. The molecule has 0 bridgehead atoms. The maximum atomic E-state index is 12.7. The number of benzene rings is 4. The number of anilines is 1. The fourth-order valence-corrected chi connectivity index (χ4v) is 3.48. The van der Waals surface area contributed by atoms with E-state index in [4.69, 9.17) is 9.47 Å². The van der Waals surface area contributed by atoms with Gasteiger partial charge in [-0.2, -0.15) is 0 Å². The second-order valence-electron chi connectivity index (χ2n) is 6.90. The van der Waals surface area contributed by atoms with E-state index < -0.39 is 11.9 Å². The summed E-state index contributed by atoms with van der Waals surface area (Å²) in [6, 6.07) is 28.0. The van der Waals surface area contributed by atoms with Gasteiger partial charge in [-0.3, -0.25) is 4.79 Å². The average molecular weight is 411 g/mol. The Morgan fingerprint density at radius 3 is 2.23 bits per heavy atom. The third-order valence-electron chi connectivity index (χ3n) is 4.94. The number of hydrogen-bond acceptors (Lipinski definition) is 4. The summed E-state index contributed by atoms with van der Waals surface area (Å²) in [6.45, 7) is -0.387. The maximum absolute atomic E-state index is 12.7. The van der Waals surface area contributed by atoms with E-state index in [1.165, 1.54) is 0 Å². The Bertz CT molecular complexity index is 1230. The number of fused-ring (bicyclic) bond motifs is 1. The summed E-state index contributed by atoms with van der Waals surface area (Å²) in [7, 11) is 1.58. The lowest BCUT2D eigenvalue weighted by molar-refractivity contribution is -0.119. The molecule has 1 N–H and O–H groups in total. The minimum absolute atomic E-state index is 0.383. The lowest BCUT2D eigenvalue weighted by atomic mass is 10.0. The van der Waals surface area contributed by atoms with E-state index in [-0.39, 0.29) is 6.61 Å². The van der Waals surface area contributed by atoms with E-state index in [0.717, 1.165) is 16.5 Å². The van der Waals surface area contributed by atoms with Gasteiger partial charge in [-0.25, -0.2) is 4.79 Å². The van der Waals surface area contributed by atoms with E-state index in [9.17, 15) is 9.59 Å². The molecular weight excluding hydrogens is 390 g/mol. The normalized spacial score (nSPS) is 10.5. The Morgan fingerprint density at radius 2 is 1.45 bits per heavy atom. The zero-order valence-corrected chi connectivity index (χ0v) is 17.0. The van der Waals surface area contributed by atoms with E-state index in [0.29, 0.717) is 22.4 Å². The number of para-hydroxylation sites is 1. The highest BCUT2D eigenvalue weighted by molar-refractivity contribution is 6.07. The van der Waals surface area contributed by atoms with Crippen LogP contribution < -0.4 is 10.1 Å². The molecule has 5 heteroatoms. The number of ether oxygens (including phenoxy) is 2. The van der Waals surface area contributed by atoms with Crippen molar-refractivity contribution in [3.63, 3.8) is 0 Å². The number of hydrogen-bond donors (Lipinski definition) is 1. The Hall–Kier alpha value is -4.12. The largest absolute Gasteiger partial charge is 0.496 e. The molecule has 0 spiro atoms. The van der Waals surface area contributed by atoms with Crippen molar-refractivity contribution in [2.24, 2.45) is 0 Å². The summed E-state index contributed by atoms with van der Waals surface area (Å²) < 4.78 is 10.7. The third kappa shape index (κ3) is 4.41. The van der Waals surface area contributed by atoms with Crippen LogP contribution >= 0.6 is 0 Å². The summed E-state index contributed by atoms with van der Waals surface area (Å²) >= 11 is 0. The number of methoxy groups -OCH3 is 1. The van der Waals surface area contributed by atoms with E-state index in [1.54, 1.807) is 19.2 Å². The van der Waals surface area contributed by atoms with Crippen molar-refractivity contribution in [1.82, 2.24) is 0 Å². The van der Waals surface area contributed by atoms with Crippen LogP contribution in [0, 0.1) is 0 Å². The van der Waals surface area contributed by atoms with Crippen molar-refractivity contribution in [2.45, 2.75) is 0 Å². The third-order valence-corrected chi connectivity index (χ3v) is 4.94. The molecule has 4 rings (SSSR count). The predicted molar refractivity (Wildman–Crippen MR) is 121 cm³/mol. The molecule has 0 saturated heterocycles. The SMILES string of the molecule is COc1ccc(C(=O)OCC(=O)Nc2ccccc2-c2ccccc2)c2ccccc12. The van der Waals surface area contributed by atoms with Crippen molar-refractivity contribution in [1.29, 1.82) is 0 Å². The molecule has 4 aromatic rings. The average Bonchev–Trinajstić information content (AvgIpc) is 2.82. The van der Waals surface area contributed by atoms with Crippen molar-refractivity contribution >= 4 is 28.3 Å². The van der Waals surface area contributed by atoms with Gasteiger partial charge in [-0.1, -0.05) is 72.8 Å². The second kappa shape index (κ2) is 9.13. The minimum Gasteiger partial charge on any atom is -0.496 e. The lowest BCUT2D eigenvalue weighted by Gasteiger charge is -2.12. The zero-order chi connectivity index (χ0) is 21.6. The molecule has 0 aromatic heterocycles. The molecule has 0 aliphatic carbocycles. The van der Waals surface area contributed by atoms with Gasteiger partial charge in [0.05, 0.1) is 12.7 Å². The molecule has 4 aromatic carbocycles. The Labute approximate surface area is 180 Å². The first-order valence-corrected chi connectivity index (χ1v) is 9.84. The van der Waals surface area contributed by atoms with Gasteiger partial charge in [0.1, 0.15) is 5.75 Å². The highest BCUT2D eigenvalue weighted by Crippen LogP contribution is 2.29. The van der Waals surface area contributed by atoms with Crippen LogP contribution in [0.4, 0.5) is 5.69 Å². The van der Waals surface area contributed by atoms with Crippen molar-refractivity contribution < 1.29 is 19.1 Å². The monoisotopic (exact) mass is 411 g/mol. The fraction of sp³-hybridized carbons (Fsp3) is 0.0769. The van der Waals surface area contributed by atoms with Crippen molar-refractivity contribution in [3.05, 3.63) is 96.6 Å². The maximum Gasteiger partial charge on any atom is 0.339 e. The van der Waals surface area contributed by atoms with Crippen molar-refractivity contribution in [3.8, 4) is 16.9 Å². The molecule has 0 fully saturated rings. The molecule has 0 aliphatic heterocycles. The molecule has 0 heterocycles. The molecule has 0 atom stereocenters. The van der Waals surface area contributed by atoms with Crippen LogP contribution in [0.2, 0.25) is 0 Å². The number of amides is 1. The highest BCUT2D eigenvalue weighted by atomic mass is 16.5. The standard InChI is InChI=1S/C26H21NO4/c1-30-24-16-15-22(20-12-5-6-13-21(20)24)26(29)31-17-25(28)27-23-14-8-7-11-19(23)18-9-3-2-4-10-18/h2-16H,17H2,1H3,(H,27,28). The summed E-state index contributed by atoms with van der Waals surface area (Å²) in [4.78, 5) is 25.1. The van der Waals surface area contributed by atoms with E-state index in [2.05, 4.69) is 5.32 Å². The number of rotatable bonds is 6. The van der Waals surface area contributed by atoms with Crippen LogP contribution in [-0.2, 0) is 9.53 Å². The molecule has 5 nitrogen and oxygen atoms in total. The predicted octanol–water partition coefficient (Wildman–Crippen LogP) is 5.31. The first kappa shape index (κ1) is 20.2. The first-order valence-electron chi connectivity index (χ1n) is 9.84. The topological polar surface area (TPSA) is 64.6 Å². The zero-order valence-electron chi connectivity index (χ0n) is 17.0. The molecule has 154 valence electrons.